The normalized spacial score (nSPS) is 16.7. The number of carbonyl (C=O) groups excluding carboxylic acids is 1. The third-order valence-electron chi connectivity index (χ3n) is 4.70. The third-order valence-corrected chi connectivity index (χ3v) is 4.70. The van der Waals surface area contributed by atoms with Gasteiger partial charge in [-0.25, -0.2) is 4.39 Å². The van der Waals surface area contributed by atoms with Crippen molar-refractivity contribution < 1.29 is 13.9 Å². The van der Waals surface area contributed by atoms with Gasteiger partial charge in [0.25, 0.3) is 5.91 Å². The van der Waals surface area contributed by atoms with Crippen molar-refractivity contribution in [1.29, 1.82) is 0 Å². The lowest BCUT2D eigenvalue weighted by Gasteiger charge is -2.36. The number of benzene rings is 2. The zero-order valence-electron chi connectivity index (χ0n) is 13.4. The number of carbonyl (C=O) groups is 1. The molecule has 0 radical (unpaired) electrons. The van der Waals surface area contributed by atoms with Crippen LogP contribution < -0.4 is 9.64 Å². The molecule has 0 atom stereocenters. The van der Waals surface area contributed by atoms with E-state index in [1.807, 2.05) is 23.1 Å². The van der Waals surface area contributed by atoms with Gasteiger partial charge in [-0.2, -0.15) is 0 Å². The van der Waals surface area contributed by atoms with Crippen molar-refractivity contribution in [3.05, 3.63) is 59.4 Å². The largest absolute Gasteiger partial charge is 0.493 e. The Morgan fingerprint density at radius 3 is 2.50 bits per heavy atom. The van der Waals surface area contributed by atoms with Crippen LogP contribution in [0.5, 0.6) is 5.75 Å². The van der Waals surface area contributed by atoms with Crippen LogP contribution in [0.2, 0.25) is 0 Å². The molecule has 1 saturated heterocycles. The Hall–Kier alpha value is -2.56. The summed E-state index contributed by atoms with van der Waals surface area (Å²) in [7, 11) is 0. The molecule has 2 aliphatic heterocycles. The Bertz CT molecular complexity index is 752. The lowest BCUT2D eigenvalue weighted by molar-refractivity contribution is 0.0746. The van der Waals surface area contributed by atoms with Crippen molar-refractivity contribution in [3.8, 4) is 5.75 Å². The lowest BCUT2D eigenvalue weighted by atomic mass is 10.1. The summed E-state index contributed by atoms with van der Waals surface area (Å²) >= 11 is 0. The maximum absolute atomic E-state index is 13.0. The predicted molar refractivity (Wildman–Crippen MR) is 90.2 cm³/mol. The molecule has 24 heavy (non-hydrogen) atoms. The minimum atomic E-state index is -0.229. The molecule has 2 aromatic carbocycles. The highest BCUT2D eigenvalue weighted by atomic mass is 19.1. The van der Waals surface area contributed by atoms with Crippen LogP contribution >= 0.6 is 0 Å². The summed E-state index contributed by atoms with van der Waals surface area (Å²) in [6.07, 6.45) is 0.870. The fourth-order valence-corrected chi connectivity index (χ4v) is 3.32. The molecule has 1 fully saturated rings. The van der Waals surface area contributed by atoms with Crippen molar-refractivity contribution in [2.24, 2.45) is 0 Å². The monoisotopic (exact) mass is 326 g/mol. The van der Waals surface area contributed by atoms with Crippen molar-refractivity contribution in [2.75, 3.05) is 37.7 Å². The van der Waals surface area contributed by atoms with Gasteiger partial charge >= 0.3 is 0 Å². The first-order valence-corrected chi connectivity index (χ1v) is 8.26. The number of hydrogen-bond acceptors (Lipinski definition) is 3. The molecule has 0 bridgehead atoms. The molecule has 0 unspecified atom stereocenters. The van der Waals surface area contributed by atoms with Gasteiger partial charge in [-0.05, 0) is 48.0 Å². The van der Waals surface area contributed by atoms with Gasteiger partial charge in [-0.3, -0.25) is 4.79 Å². The van der Waals surface area contributed by atoms with E-state index in [0.29, 0.717) is 19.7 Å². The second-order valence-electron chi connectivity index (χ2n) is 6.18. The Labute approximate surface area is 140 Å². The molecule has 0 saturated carbocycles. The molecule has 2 aromatic rings. The molecule has 0 N–H and O–H groups in total. The maximum Gasteiger partial charge on any atom is 0.253 e. The van der Waals surface area contributed by atoms with E-state index in [2.05, 4.69) is 4.90 Å². The first-order chi connectivity index (χ1) is 11.7. The molecule has 2 aliphatic rings. The van der Waals surface area contributed by atoms with Gasteiger partial charge in [0.05, 0.1) is 6.61 Å². The molecule has 124 valence electrons. The number of piperazine rings is 1. The smallest absolute Gasteiger partial charge is 0.253 e. The van der Waals surface area contributed by atoms with Crippen molar-refractivity contribution >= 4 is 11.6 Å². The third kappa shape index (κ3) is 2.82. The summed E-state index contributed by atoms with van der Waals surface area (Å²) < 4.78 is 18.5. The minimum Gasteiger partial charge on any atom is -0.493 e. The van der Waals surface area contributed by atoms with E-state index in [1.165, 1.54) is 12.1 Å². The number of nitrogens with zero attached hydrogens (tertiary/aromatic N) is 2. The molecule has 0 aromatic heterocycles. The number of anilines is 1. The van der Waals surface area contributed by atoms with Crippen LogP contribution in [-0.4, -0.2) is 43.6 Å². The molecule has 0 spiro atoms. The summed E-state index contributed by atoms with van der Waals surface area (Å²) in [5, 5.41) is 0. The van der Waals surface area contributed by atoms with E-state index in [-0.39, 0.29) is 11.7 Å². The van der Waals surface area contributed by atoms with Gasteiger partial charge in [0.2, 0.25) is 0 Å². The molecular formula is C19H19FN2O2. The standard InChI is InChI=1S/C19H19FN2O2/c20-16-2-4-17(5-3-16)21-8-10-22(11-9-21)19(23)15-1-6-18-14(13-15)7-12-24-18/h1-6,13H,7-12H2. The summed E-state index contributed by atoms with van der Waals surface area (Å²) in [5.74, 6) is 0.740. The Morgan fingerprint density at radius 2 is 1.75 bits per heavy atom. The van der Waals surface area contributed by atoms with E-state index < -0.39 is 0 Å². The zero-order valence-corrected chi connectivity index (χ0v) is 13.4. The van der Waals surface area contributed by atoms with Crippen LogP contribution in [0.3, 0.4) is 0 Å². The van der Waals surface area contributed by atoms with E-state index in [9.17, 15) is 9.18 Å². The summed E-state index contributed by atoms with van der Waals surface area (Å²) in [6.45, 7) is 3.55. The van der Waals surface area contributed by atoms with E-state index in [0.717, 1.165) is 42.1 Å². The van der Waals surface area contributed by atoms with E-state index in [4.69, 9.17) is 4.74 Å². The topological polar surface area (TPSA) is 32.8 Å². The molecule has 4 rings (SSSR count). The van der Waals surface area contributed by atoms with Crippen LogP contribution in [0.15, 0.2) is 42.5 Å². The van der Waals surface area contributed by atoms with E-state index in [1.54, 1.807) is 12.1 Å². The fourth-order valence-electron chi connectivity index (χ4n) is 3.32. The number of halogens is 1. The second-order valence-corrected chi connectivity index (χ2v) is 6.18. The Morgan fingerprint density at radius 1 is 1.00 bits per heavy atom. The van der Waals surface area contributed by atoms with Crippen molar-refractivity contribution in [2.45, 2.75) is 6.42 Å². The van der Waals surface area contributed by atoms with Crippen molar-refractivity contribution in [1.82, 2.24) is 4.90 Å². The summed E-state index contributed by atoms with van der Waals surface area (Å²) in [4.78, 5) is 16.8. The second kappa shape index (κ2) is 6.15. The molecule has 2 heterocycles. The Kier molecular flexibility index (Phi) is 3.84. The molecule has 5 heteroatoms. The van der Waals surface area contributed by atoms with Gasteiger partial charge in [-0.15, -0.1) is 0 Å². The minimum absolute atomic E-state index is 0.0726. The molecular weight excluding hydrogens is 307 g/mol. The predicted octanol–water partition coefficient (Wildman–Crippen LogP) is 2.72. The first kappa shape index (κ1) is 15.0. The van der Waals surface area contributed by atoms with Gasteiger partial charge < -0.3 is 14.5 Å². The SMILES string of the molecule is O=C(c1ccc2c(c1)CCO2)N1CCN(c2ccc(F)cc2)CC1. The highest BCUT2D eigenvalue weighted by Gasteiger charge is 2.23. The number of amides is 1. The quantitative estimate of drug-likeness (QED) is 0.851. The average Bonchev–Trinajstić information content (AvgIpc) is 3.09. The van der Waals surface area contributed by atoms with Crippen LogP contribution in [0, 0.1) is 5.82 Å². The summed E-state index contributed by atoms with van der Waals surface area (Å²) in [5.41, 5.74) is 2.85. The fraction of sp³-hybridized carbons (Fsp3) is 0.316. The molecule has 0 aliphatic carbocycles. The number of fused-ring (bicyclic) bond motifs is 1. The molecule has 4 nitrogen and oxygen atoms in total. The van der Waals surface area contributed by atoms with Crippen LogP contribution in [0.4, 0.5) is 10.1 Å². The number of rotatable bonds is 2. The number of ether oxygens (including phenoxy) is 1. The lowest BCUT2D eigenvalue weighted by Crippen LogP contribution is -2.48. The van der Waals surface area contributed by atoms with Gasteiger partial charge in [0.1, 0.15) is 11.6 Å². The summed E-state index contributed by atoms with van der Waals surface area (Å²) in [6, 6.07) is 12.2. The first-order valence-electron chi connectivity index (χ1n) is 8.26. The number of hydrogen-bond donors (Lipinski definition) is 0. The highest BCUT2D eigenvalue weighted by Crippen LogP contribution is 2.26. The van der Waals surface area contributed by atoms with Crippen LogP contribution in [-0.2, 0) is 6.42 Å². The van der Waals surface area contributed by atoms with Crippen molar-refractivity contribution in [3.63, 3.8) is 0 Å². The molecule has 1 amide bonds. The highest BCUT2D eigenvalue weighted by molar-refractivity contribution is 5.94. The van der Waals surface area contributed by atoms with Gasteiger partial charge in [0, 0.05) is 43.9 Å². The maximum atomic E-state index is 13.0. The van der Waals surface area contributed by atoms with E-state index >= 15 is 0 Å². The van der Waals surface area contributed by atoms with Gasteiger partial charge in [0.15, 0.2) is 0 Å². The Balaban J connectivity index is 1.42. The van der Waals surface area contributed by atoms with Gasteiger partial charge in [-0.1, -0.05) is 0 Å². The zero-order chi connectivity index (χ0) is 16.5. The van der Waals surface area contributed by atoms with Crippen LogP contribution in [0.1, 0.15) is 15.9 Å². The van der Waals surface area contributed by atoms with Crippen LogP contribution in [0.25, 0.3) is 0 Å². The average molecular weight is 326 g/mol.